The van der Waals surface area contributed by atoms with Gasteiger partial charge in [-0.3, -0.25) is 0 Å². The number of anilines is 1. The monoisotopic (exact) mass is 234 g/mol. The maximum atomic E-state index is 8.59. The highest BCUT2D eigenvalue weighted by atomic mass is 32.2. The summed E-state index contributed by atoms with van der Waals surface area (Å²) in [7, 11) is 0. The van der Waals surface area contributed by atoms with E-state index in [1.165, 1.54) is 24.3 Å². The molecule has 1 saturated heterocycles. The van der Waals surface area contributed by atoms with Crippen molar-refractivity contribution in [2.24, 2.45) is 5.92 Å². The minimum absolute atomic E-state index is 0.361. The zero-order valence-electron chi connectivity index (χ0n) is 9.02. The van der Waals surface area contributed by atoms with Gasteiger partial charge in [-0.05, 0) is 42.4 Å². The lowest BCUT2D eigenvalue weighted by Crippen LogP contribution is -2.19. The van der Waals surface area contributed by atoms with Crippen LogP contribution < -0.4 is 5.32 Å². The summed E-state index contributed by atoms with van der Waals surface area (Å²) in [6, 6.07) is 5.45. The molecule has 0 aromatic carbocycles. The molecule has 1 fully saturated rings. The fourth-order valence-electron chi connectivity index (χ4n) is 1.69. The molecule has 1 aliphatic heterocycles. The zero-order chi connectivity index (χ0) is 11.2. The molecule has 2 heterocycles. The van der Waals surface area contributed by atoms with Gasteiger partial charge < -0.3 is 5.32 Å². The lowest BCUT2D eigenvalue weighted by Gasteiger charge is -2.21. The average molecular weight is 234 g/mol. The van der Waals surface area contributed by atoms with E-state index < -0.39 is 0 Å². The van der Waals surface area contributed by atoms with Crippen LogP contribution in [-0.4, -0.2) is 28.2 Å². The zero-order valence-corrected chi connectivity index (χ0v) is 9.83. The first-order valence-corrected chi connectivity index (χ1v) is 6.59. The fraction of sp³-hybridized carbons (Fsp3) is 0.545. The van der Waals surface area contributed by atoms with E-state index >= 15 is 0 Å². The van der Waals surface area contributed by atoms with E-state index in [1.54, 1.807) is 6.07 Å². The van der Waals surface area contributed by atoms with Crippen molar-refractivity contribution in [3.05, 3.63) is 17.8 Å². The SMILES string of the molecule is N#Cc1ccc(NCC2CCSCC2)nn1. The summed E-state index contributed by atoms with van der Waals surface area (Å²) >= 11 is 2.03. The van der Waals surface area contributed by atoms with Gasteiger partial charge >= 0.3 is 0 Å². The summed E-state index contributed by atoms with van der Waals surface area (Å²) in [4.78, 5) is 0. The summed E-state index contributed by atoms with van der Waals surface area (Å²) in [5.74, 6) is 4.05. The highest BCUT2D eigenvalue weighted by molar-refractivity contribution is 7.99. The predicted molar refractivity (Wildman–Crippen MR) is 65.3 cm³/mol. The Morgan fingerprint density at radius 1 is 1.38 bits per heavy atom. The van der Waals surface area contributed by atoms with E-state index in [0.29, 0.717) is 5.69 Å². The maximum Gasteiger partial charge on any atom is 0.163 e. The molecule has 4 nitrogen and oxygen atoms in total. The van der Waals surface area contributed by atoms with Gasteiger partial charge in [0.15, 0.2) is 5.69 Å². The highest BCUT2D eigenvalue weighted by Gasteiger charge is 2.13. The summed E-state index contributed by atoms with van der Waals surface area (Å²) in [5.41, 5.74) is 0.361. The van der Waals surface area contributed by atoms with Crippen LogP contribution in [0.5, 0.6) is 0 Å². The largest absolute Gasteiger partial charge is 0.368 e. The van der Waals surface area contributed by atoms with Crippen molar-refractivity contribution in [1.29, 1.82) is 5.26 Å². The minimum atomic E-state index is 0.361. The first kappa shape index (κ1) is 11.2. The summed E-state index contributed by atoms with van der Waals surface area (Å²) in [6.07, 6.45) is 2.56. The Bertz CT molecular complexity index is 365. The molecule has 0 atom stereocenters. The number of rotatable bonds is 3. The first-order chi connectivity index (χ1) is 7.88. The van der Waals surface area contributed by atoms with Gasteiger partial charge in [0.2, 0.25) is 0 Å². The quantitative estimate of drug-likeness (QED) is 0.865. The molecule has 5 heteroatoms. The van der Waals surface area contributed by atoms with Gasteiger partial charge in [-0.2, -0.15) is 17.0 Å². The number of nitrogens with zero attached hydrogens (tertiary/aromatic N) is 3. The topological polar surface area (TPSA) is 61.6 Å². The van der Waals surface area contributed by atoms with Gasteiger partial charge in [-0.1, -0.05) is 0 Å². The Kier molecular flexibility index (Phi) is 4.00. The van der Waals surface area contributed by atoms with Crippen LogP contribution in [0.3, 0.4) is 0 Å². The number of hydrogen-bond donors (Lipinski definition) is 1. The predicted octanol–water partition coefficient (Wildman–Crippen LogP) is 1.90. The molecule has 0 aliphatic carbocycles. The molecule has 1 N–H and O–H groups in total. The normalized spacial score (nSPS) is 16.7. The second kappa shape index (κ2) is 5.71. The highest BCUT2D eigenvalue weighted by Crippen LogP contribution is 2.22. The van der Waals surface area contributed by atoms with Gasteiger partial charge in [0, 0.05) is 6.54 Å². The van der Waals surface area contributed by atoms with Crippen LogP contribution in [0.25, 0.3) is 0 Å². The lowest BCUT2D eigenvalue weighted by molar-refractivity contribution is 0.515. The summed E-state index contributed by atoms with van der Waals surface area (Å²) in [6.45, 7) is 0.959. The molecule has 0 bridgehead atoms. The van der Waals surface area contributed by atoms with Crippen molar-refractivity contribution in [2.45, 2.75) is 12.8 Å². The van der Waals surface area contributed by atoms with Crippen molar-refractivity contribution < 1.29 is 0 Å². The Labute approximate surface area is 99.5 Å². The average Bonchev–Trinajstić information content (AvgIpc) is 2.38. The molecular formula is C11H14N4S. The van der Waals surface area contributed by atoms with E-state index in [0.717, 1.165) is 18.3 Å². The summed E-state index contributed by atoms with van der Waals surface area (Å²) in [5, 5.41) is 19.6. The Morgan fingerprint density at radius 2 is 2.19 bits per heavy atom. The van der Waals surface area contributed by atoms with Crippen LogP contribution in [-0.2, 0) is 0 Å². The third-order valence-corrected chi connectivity index (χ3v) is 3.74. The smallest absolute Gasteiger partial charge is 0.163 e. The van der Waals surface area contributed by atoms with Crippen molar-refractivity contribution in [1.82, 2.24) is 10.2 Å². The molecule has 1 aromatic heterocycles. The van der Waals surface area contributed by atoms with Gasteiger partial charge in [0.05, 0.1) is 0 Å². The van der Waals surface area contributed by atoms with Crippen LogP contribution in [0.2, 0.25) is 0 Å². The molecule has 1 aromatic rings. The number of nitrogens with one attached hydrogen (secondary N) is 1. The molecule has 0 unspecified atom stereocenters. The van der Waals surface area contributed by atoms with Gasteiger partial charge in [-0.25, -0.2) is 0 Å². The second-order valence-corrected chi connectivity index (χ2v) is 5.08. The lowest BCUT2D eigenvalue weighted by atomic mass is 10.0. The van der Waals surface area contributed by atoms with Crippen molar-refractivity contribution in [3.63, 3.8) is 0 Å². The Balaban J connectivity index is 1.82. The molecule has 0 radical (unpaired) electrons. The van der Waals surface area contributed by atoms with Crippen molar-refractivity contribution in [3.8, 4) is 6.07 Å². The molecule has 16 heavy (non-hydrogen) atoms. The van der Waals surface area contributed by atoms with Crippen LogP contribution in [0.1, 0.15) is 18.5 Å². The molecule has 0 amide bonds. The first-order valence-electron chi connectivity index (χ1n) is 5.44. The second-order valence-electron chi connectivity index (χ2n) is 3.85. The minimum Gasteiger partial charge on any atom is -0.368 e. The van der Waals surface area contributed by atoms with E-state index in [9.17, 15) is 0 Å². The van der Waals surface area contributed by atoms with E-state index in [-0.39, 0.29) is 0 Å². The fourth-order valence-corrected chi connectivity index (χ4v) is 2.89. The molecule has 84 valence electrons. The number of nitriles is 1. The Hall–Kier alpha value is -1.28. The van der Waals surface area contributed by atoms with Crippen LogP contribution in [0.15, 0.2) is 12.1 Å². The van der Waals surface area contributed by atoms with E-state index in [4.69, 9.17) is 5.26 Å². The van der Waals surface area contributed by atoms with Gasteiger partial charge in [0.25, 0.3) is 0 Å². The van der Waals surface area contributed by atoms with Crippen molar-refractivity contribution >= 4 is 17.6 Å². The number of hydrogen-bond acceptors (Lipinski definition) is 5. The Morgan fingerprint density at radius 3 is 2.81 bits per heavy atom. The van der Waals surface area contributed by atoms with Crippen LogP contribution in [0.4, 0.5) is 5.82 Å². The molecule has 1 aliphatic rings. The van der Waals surface area contributed by atoms with Crippen molar-refractivity contribution in [2.75, 3.05) is 23.4 Å². The third-order valence-electron chi connectivity index (χ3n) is 2.69. The standard InChI is InChI=1S/C11H14N4S/c12-7-10-1-2-11(15-14-10)13-8-9-3-5-16-6-4-9/h1-2,9H,3-6,8H2,(H,13,15). The van der Waals surface area contributed by atoms with E-state index in [1.807, 2.05) is 23.9 Å². The molecule has 0 spiro atoms. The third kappa shape index (κ3) is 3.11. The van der Waals surface area contributed by atoms with Gasteiger partial charge in [-0.15, -0.1) is 10.2 Å². The molecular weight excluding hydrogens is 220 g/mol. The number of thioether (sulfide) groups is 1. The molecule has 0 saturated carbocycles. The van der Waals surface area contributed by atoms with Crippen LogP contribution in [0, 0.1) is 17.2 Å². The maximum absolute atomic E-state index is 8.59. The van der Waals surface area contributed by atoms with Gasteiger partial charge in [0.1, 0.15) is 11.9 Å². The van der Waals surface area contributed by atoms with Crippen LogP contribution >= 0.6 is 11.8 Å². The summed E-state index contributed by atoms with van der Waals surface area (Å²) < 4.78 is 0. The van der Waals surface area contributed by atoms with E-state index in [2.05, 4.69) is 15.5 Å². The number of aromatic nitrogens is 2. The molecule has 2 rings (SSSR count).